The Labute approximate surface area is 141 Å². The Morgan fingerprint density at radius 2 is 1.70 bits per heavy atom. The predicted molar refractivity (Wildman–Crippen MR) is 95.2 cm³/mol. The fourth-order valence-electron chi connectivity index (χ4n) is 4.39. The number of rotatable bonds is 4. The molecule has 1 aromatic heterocycles. The van der Waals surface area contributed by atoms with Crippen LogP contribution in [0.4, 0.5) is 0 Å². The number of piperidine rings is 1. The summed E-state index contributed by atoms with van der Waals surface area (Å²) in [6, 6.07) is 0. The van der Waals surface area contributed by atoms with Crippen molar-refractivity contribution in [1.29, 1.82) is 0 Å². The first-order chi connectivity index (χ1) is 10.9. The summed E-state index contributed by atoms with van der Waals surface area (Å²) in [7, 11) is 2.09. The fraction of sp³-hybridized carbons (Fsp3) is 0.842. The highest BCUT2D eigenvalue weighted by molar-refractivity contribution is 4.92. The van der Waals surface area contributed by atoms with Crippen LogP contribution < -0.4 is 0 Å². The highest BCUT2D eigenvalue weighted by Gasteiger charge is 2.33. The van der Waals surface area contributed by atoms with E-state index in [0.29, 0.717) is 5.41 Å². The van der Waals surface area contributed by atoms with Crippen LogP contribution >= 0.6 is 0 Å². The molecule has 0 amide bonds. The molecule has 0 saturated carbocycles. The van der Waals surface area contributed by atoms with E-state index in [1.54, 1.807) is 0 Å². The van der Waals surface area contributed by atoms with E-state index in [9.17, 15) is 0 Å². The Balaban J connectivity index is 1.44. The van der Waals surface area contributed by atoms with Gasteiger partial charge in [0.05, 0.1) is 6.54 Å². The summed E-state index contributed by atoms with van der Waals surface area (Å²) >= 11 is 0. The van der Waals surface area contributed by atoms with Crippen LogP contribution in [0.3, 0.4) is 0 Å². The minimum atomic E-state index is 0.431. The summed E-state index contributed by atoms with van der Waals surface area (Å²) in [6.07, 6.45) is 8.12. The van der Waals surface area contributed by atoms with Crippen LogP contribution in [-0.2, 0) is 13.6 Å². The largest absolute Gasteiger partial charge is 0.337 e. The van der Waals surface area contributed by atoms with Gasteiger partial charge in [0.1, 0.15) is 5.82 Å². The Bertz CT molecular complexity index is 494. The maximum atomic E-state index is 4.46. The Kier molecular flexibility index (Phi) is 5.12. The molecule has 3 heterocycles. The van der Waals surface area contributed by atoms with Crippen molar-refractivity contribution in [2.24, 2.45) is 24.3 Å². The summed E-state index contributed by atoms with van der Waals surface area (Å²) in [6.45, 7) is 14.5. The average molecular weight is 319 g/mol. The van der Waals surface area contributed by atoms with Gasteiger partial charge in [-0.05, 0) is 56.1 Å². The monoisotopic (exact) mass is 318 g/mol. The van der Waals surface area contributed by atoms with Crippen molar-refractivity contribution in [1.82, 2.24) is 19.4 Å². The van der Waals surface area contributed by atoms with Crippen molar-refractivity contribution in [3.05, 3.63) is 18.2 Å². The highest BCUT2D eigenvalue weighted by Crippen LogP contribution is 2.33. The molecule has 0 bridgehead atoms. The van der Waals surface area contributed by atoms with E-state index in [-0.39, 0.29) is 0 Å². The SMILES string of the molecule is Cn1ccnc1CN1CCC(C2CCN(CC(C)(C)C)C2)CC1. The van der Waals surface area contributed by atoms with Gasteiger partial charge in [0.25, 0.3) is 0 Å². The lowest BCUT2D eigenvalue weighted by Crippen LogP contribution is -2.37. The van der Waals surface area contributed by atoms with Crippen LogP contribution in [0.25, 0.3) is 0 Å². The van der Waals surface area contributed by atoms with Crippen molar-refractivity contribution in [3.63, 3.8) is 0 Å². The van der Waals surface area contributed by atoms with Gasteiger partial charge in [0.2, 0.25) is 0 Å². The van der Waals surface area contributed by atoms with Crippen molar-refractivity contribution >= 4 is 0 Å². The molecule has 130 valence electrons. The van der Waals surface area contributed by atoms with Gasteiger partial charge < -0.3 is 9.47 Å². The Hall–Kier alpha value is -0.870. The lowest BCUT2D eigenvalue weighted by Gasteiger charge is -2.35. The van der Waals surface area contributed by atoms with E-state index < -0.39 is 0 Å². The van der Waals surface area contributed by atoms with Gasteiger partial charge >= 0.3 is 0 Å². The van der Waals surface area contributed by atoms with E-state index in [1.165, 1.54) is 57.8 Å². The smallest absolute Gasteiger partial charge is 0.122 e. The fourth-order valence-corrected chi connectivity index (χ4v) is 4.39. The number of likely N-dealkylation sites (tertiary alicyclic amines) is 2. The van der Waals surface area contributed by atoms with E-state index in [0.717, 1.165) is 18.4 Å². The van der Waals surface area contributed by atoms with E-state index >= 15 is 0 Å². The summed E-state index contributed by atoms with van der Waals surface area (Å²) in [5, 5.41) is 0. The maximum absolute atomic E-state index is 4.46. The number of aryl methyl sites for hydroxylation is 1. The van der Waals surface area contributed by atoms with Crippen LogP contribution in [0.1, 0.15) is 45.9 Å². The van der Waals surface area contributed by atoms with Crippen molar-refractivity contribution in [2.45, 2.75) is 46.6 Å². The lowest BCUT2D eigenvalue weighted by molar-refractivity contribution is 0.134. The van der Waals surface area contributed by atoms with Gasteiger partial charge in [-0.3, -0.25) is 4.90 Å². The van der Waals surface area contributed by atoms with Gasteiger partial charge in [-0.2, -0.15) is 0 Å². The summed E-state index contributed by atoms with van der Waals surface area (Å²) in [4.78, 5) is 9.75. The molecule has 0 radical (unpaired) electrons. The number of nitrogens with zero attached hydrogens (tertiary/aromatic N) is 4. The first kappa shape index (κ1) is 17.0. The topological polar surface area (TPSA) is 24.3 Å². The van der Waals surface area contributed by atoms with Crippen LogP contribution in [0.5, 0.6) is 0 Å². The van der Waals surface area contributed by atoms with E-state index in [1.807, 2.05) is 12.4 Å². The number of hydrogen-bond donors (Lipinski definition) is 0. The van der Waals surface area contributed by atoms with E-state index in [2.05, 4.69) is 47.2 Å². The minimum absolute atomic E-state index is 0.431. The van der Waals surface area contributed by atoms with E-state index in [4.69, 9.17) is 0 Å². The summed E-state index contributed by atoms with van der Waals surface area (Å²) in [5.41, 5.74) is 0.431. The zero-order chi connectivity index (χ0) is 16.4. The van der Waals surface area contributed by atoms with Crippen molar-refractivity contribution in [2.75, 3.05) is 32.7 Å². The minimum Gasteiger partial charge on any atom is -0.337 e. The van der Waals surface area contributed by atoms with Crippen LogP contribution in [0, 0.1) is 17.3 Å². The molecule has 1 aromatic rings. The molecule has 1 unspecified atom stereocenters. The molecule has 0 N–H and O–H groups in total. The van der Waals surface area contributed by atoms with Crippen LogP contribution in [0.2, 0.25) is 0 Å². The molecule has 0 aromatic carbocycles. The van der Waals surface area contributed by atoms with Crippen molar-refractivity contribution < 1.29 is 0 Å². The van der Waals surface area contributed by atoms with Crippen molar-refractivity contribution in [3.8, 4) is 0 Å². The second-order valence-electron chi connectivity index (χ2n) is 8.91. The number of imidazole rings is 1. The Morgan fingerprint density at radius 1 is 1.04 bits per heavy atom. The second kappa shape index (κ2) is 6.94. The molecule has 3 rings (SSSR count). The molecule has 2 saturated heterocycles. The molecule has 2 aliphatic rings. The van der Waals surface area contributed by atoms with Gasteiger partial charge in [0.15, 0.2) is 0 Å². The molecule has 0 spiro atoms. The third-order valence-electron chi connectivity index (χ3n) is 5.59. The quantitative estimate of drug-likeness (QED) is 0.853. The van der Waals surface area contributed by atoms with Gasteiger partial charge in [-0.15, -0.1) is 0 Å². The second-order valence-corrected chi connectivity index (χ2v) is 8.91. The summed E-state index contributed by atoms with van der Waals surface area (Å²) < 4.78 is 2.15. The van der Waals surface area contributed by atoms with Crippen LogP contribution in [0.15, 0.2) is 12.4 Å². The van der Waals surface area contributed by atoms with Gasteiger partial charge in [-0.1, -0.05) is 20.8 Å². The normalized spacial score (nSPS) is 25.3. The number of aromatic nitrogens is 2. The molecular formula is C19H34N4. The average Bonchev–Trinajstić information content (AvgIpc) is 3.08. The third-order valence-corrected chi connectivity index (χ3v) is 5.59. The highest BCUT2D eigenvalue weighted by atomic mass is 15.2. The molecule has 2 aliphatic heterocycles. The molecular weight excluding hydrogens is 284 g/mol. The molecule has 4 heteroatoms. The molecule has 4 nitrogen and oxygen atoms in total. The predicted octanol–water partition coefficient (Wildman–Crippen LogP) is 3.00. The lowest BCUT2D eigenvalue weighted by atomic mass is 9.83. The van der Waals surface area contributed by atoms with Gasteiger partial charge in [-0.25, -0.2) is 4.98 Å². The third kappa shape index (κ3) is 4.57. The first-order valence-electron chi connectivity index (χ1n) is 9.31. The zero-order valence-electron chi connectivity index (χ0n) is 15.5. The maximum Gasteiger partial charge on any atom is 0.122 e. The molecule has 1 atom stereocenters. The standard InChI is InChI=1S/C19H34N4/c1-19(2,3)15-23-11-7-17(13-23)16-5-9-22(10-6-16)14-18-20-8-12-21(18)4/h8,12,16-17H,5-7,9-11,13-15H2,1-4H3. The molecule has 2 fully saturated rings. The van der Waals surface area contributed by atoms with Gasteiger partial charge in [0, 0.05) is 32.5 Å². The first-order valence-corrected chi connectivity index (χ1v) is 9.31. The number of hydrogen-bond acceptors (Lipinski definition) is 3. The Morgan fingerprint density at radius 3 is 2.30 bits per heavy atom. The molecule has 23 heavy (non-hydrogen) atoms. The molecule has 0 aliphatic carbocycles. The zero-order valence-corrected chi connectivity index (χ0v) is 15.5. The summed E-state index contributed by atoms with van der Waals surface area (Å²) in [5.74, 6) is 3.07. The van der Waals surface area contributed by atoms with Crippen LogP contribution in [-0.4, -0.2) is 52.1 Å².